The minimum atomic E-state index is -4.41. The quantitative estimate of drug-likeness (QED) is 0.843. The molecule has 1 fully saturated rings. The molecule has 0 amide bonds. The fourth-order valence-corrected chi connectivity index (χ4v) is 2.64. The Labute approximate surface area is 108 Å². The largest absolute Gasteiger partial charge is 0.417 e. The molecule has 0 atom stereocenters. The molecular weight excluding hydrogens is 263 g/mol. The summed E-state index contributed by atoms with van der Waals surface area (Å²) in [5, 5.41) is 0. The highest BCUT2D eigenvalue weighted by atomic mass is 32.1. The van der Waals surface area contributed by atoms with E-state index < -0.39 is 17.3 Å². The molecule has 1 heterocycles. The molecule has 1 aromatic heterocycles. The van der Waals surface area contributed by atoms with E-state index in [4.69, 9.17) is 0 Å². The second-order valence-corrected chi connectivity index (χ2v) is 5.21. The predicted molar refractivity (Wildman–Crippen MR) is 65.8 cm³/mol. The van der Waals surface area contributed by atoms with Crippen LogP contribution in [0.1, 0.15) is 24.8 Å². The smallest absolute Gasteiger partial charge is 0.314 e. The fourth-order valence-electron chi connectivity index (χ4n) is 2.23. The van der Waals surface area contributed by atoms with Crippen molar-refractivity contribution in [2.45, 2.75) is 32.0 Å². The molecule has 1 aliphatic rings. The third kappa shape index (κ3) is 2.58. The van der Waals surface area contributed by atoms with Crippen LogP contribution in [0.25, 0.3) is 0 Å². The Morgan fingerprint density at radius 2 is 2.00 bits per heavy atom. The van der Waals surface area contributed by atoms with Crippen LogP contribution < -0.4 is 5.56 Å². The van der Waals surface area contributed by atoms with Crippen molar-refractivity contribution in [3.63, 3.8) is 0 Å². The number of alkyl halides is 3. The normalized spacial score (nSPS) is 18.4. The third-order valence-electron chi connectivity index (χ3n) is 3.57. The van der Waals surface area contributed by atoms with Crippen LogP contribution in [0.3, 0.4) is 0 Å². The van der Waals surface area contributed by atoms with Crippen molar-refractivity contribution in [1.82, 2.24) is 4.57 Å². The molecule has 18 heavy (non-hydrogen) atoms. The molecule has 0 spiro atoms. The van der Waals surface area contributed by atoms with E-state index in [9.17, 15) is 18.0 Å². The Morgan fingerprint density at radius 3 is 2.44 bits per heavy atom. The van der Waals surface area contributed by atoms with Gasteiger partial charge in [0.05, 0.1) is 5.56 Å². The van der Waals surface area contributed by atoms with Crippen molar-refractivity contribution in [3.05, 3.63) is 34.2 Å². The molecule has 0 aromatic carbocycles. The van der Waals surface area contributed by atoms with E-state index in [0.29, 0.717) is 12.3 Å². The first kappa shape index (κ1) is 13.5. The topological polar surface area (TPSA) is 22.0 Å². The van der Waals surface area contributed by atoms with Gasteiger partial charge < -0.3 is 4.57 Å². The van der Waals surface area contributed by atoms with Crippen molar-refractivity contribution in [1.29, 1.82) is 0 Å². The first-order valence-corrected chi connectivity index (χ1v) is 6.38. The molecule has 0 saturated heterocycles. The minimum absolute atomic E-state index is 0.114. The van der Waals surface area contributed by atoms with E-state index in [1.807, 2.05) is 0 Å². The van der Waals surface area contributed by atoms with Gasteiger partial charge in [-0.3, -0.25) is 4.79 Å². The van der Waals surface area contributed by atoms with E-state index in [2.05, 4.69) is 12.6 Å². The molecule has 1 saturated carbocycles. The van der Waals surface area contributed by atoms with Crippen molar-refractivity contribution in [3.8, 4) is 0 Å². The summed E-state index contributed by atoms with van der Waals surface area (Å²) in [5.74, 6) is 0.593. The maximum atomic E-state index is 12.6. The van der Waals surface area contributed by atoms with Gasteiger partial charge in [-0.2, -0.15) is 25.8 Å². The highest BCUT2D eigenvalue weighted by Gasteiger charge is 2.37. The van der Waals surface area contributed by atoms with Crippen molar-refractivity contribution in [2.75, 3.05) is 5.75 Å². The van der Waals surface area contributed by atoms with Gasteiger partial charge in [-0.25, -0.2) is 0 Å². The van der Waals surface area contributed by atoms with Crippen molar-refractivity contribution >= 4 is 12.6 Å². The molecule has 6 heteroatoms. The predicted octanol–water partition coefficient (Wildman–Crippen LogP) is 2.97. The summed E-state index contributed by atoms with van der Waals surface area (Å²) in [6.07, 6.45) is -0.623. The zero-order valence-corrected chi connectivity index (χ0v) is 10.6. The van der Waals surface area contributed by atoms with E-state index in [0.717, 1.165) is 42.2 Å². The number of aromatic nitrogens is 1. The molecule has 0 bridgehead atoms. The molecule has 1 aromatic rings. The number of thiol groups is 1. The summed E-state index contributed by atoms with van der Waals surface area (Å²) < 4.78 is 38.9. The van der Waals surface area contributed by atoms with E-state index >= 15 is 0 Å². The second kappa shape index (κ2) is 4.64. The van der Waals surface area contributed by atoms with Crippen LogP contribution in [-0.4, -0.2) is 10.3 Å². The summed E-state index contributed by atoms with van der Waals surface area (Å²) in [4.78, 5) is 11.6. The lowest BCUT2D eigenvalue weighted by atomic mass is 9.70. The van der Waals surface area contributed by atoms with Crippen LogP contribution in [0, 0.1) is 5.41 Å². The van der Waals surface area contributed by atoms with Crippen LogP contribution in [0.4, 0.5) is 13.2 Å². The highest BCUT2D eigenvalue weighted by molar-refractivity contribution is 7.80. The van der Waals surface area contributed by atoms with Gasteiger partial charge in [0.25, 0.3) is 5.56 Å². The monoisotopic (exact) mass is 277 g/mol. The van der Waals surface area contributed by atoms with Gasteiger partial charge in [-0.05, 0) is 30.1 Å². The maximum Gasteiger partial charge on any atom is 0.417 e. The molecule has 0 radical (unpaired) electrons. The number of hydrogen-bond acceptors (Lipinski definition) is 2. The zero-order chi connectivity index (χ0) is 13.4. The van der Waals surface area contributed by atoms with Gasteiger partial charge in [0.2, 0.25) is 0 Å². The zero-order valence-electron chi connectivity index (χ0n) is 9.70. The second-order valence-electron chi connectivity index (χ2n) is 4.89. The molecule has 1 aliphatic carbocycles. The number of nitrogens with zero attached hydrogens (tertiary/aromatic N) is 1. The van der Waals surface area contributed by atoms with Crippen LogP contribution in [-0.2, 0) is 12.7 Å². The van der Waals surface area contributed by atoms with Gasteiger partial charge in [-0.1, -0.05) is 6.42 Å². The van der Waals surface area contributed by atoms with E-state index in [1.54, 1.807) is 0 Å². The summed E-state index contributed by atoms with van der Waals surface area (Å²) in [7, 11) is 0. The lowest BCUT2D eigenvalue weighted by Gasteiger charge is -2.41. The Balaban J connectivity index is 2.30. The Bertz CT molecular complexity index is 485. The standard InChI is InChI=1S/C12H14F3NOS/c13-12(14,15)9-2-3-10(17)16(6-9)7-11(8-18)4-1-5-11/h2-3,6,18H,1,4-5,7-8H2. The van der Waals surface area contributed by atoms with Crippen molar-refractivity contribution in [2.24, 2.45) is 5.41 Å². The average molecular weight is 277 g/mol. The average Bonchev–Trinajstić information content (AvgIpc) is 2.24. The Morgan fingerprint density at radius 1 is 1.33 bits per heavy atom. The van der Waals surface area contributed by atoms with E-state index in [1.165, 1.54) is 0 Å². The van der Waals surface area contributed by atoms with Crippen molar-refractivity contribution < 1.29 is 13.2 Å². The molecular formula is C12H14F3NOS. The number of hydrogen-bond donors (Lipinski definition) is 1. The Kier molecular flexibility index (Phi) is 3.49. The van der Waals surface area contributed by atoms with Gasteiger partial charge in [0.15, 0.2) is 0 Å². The SMILES string of the molecule is O=c1ccc(C(F)(F)F)cn1CC1(CS)CCC1. The van der Waals surface area contributed by atoms with Gasteiger partial charge in [0, 0.05) is 18.8 Å². The first-order chi connectivity index (χ1) is 8.36. The number of rotatable bonds is 3. The van der Waals surface area contributed by atoms with Gasteiger partial charge in [0.1, 0.15) is 0 Å². The lowest BCUT2D eigenvalue weighted by Crippen LogP contribution is -2.39. The highest BCUT2D eigenvalue weighted by Crippen LogP contribution is 2.43. The van der Waals surface area contributed by atoms with Gasteiger partial charge >= 0.3 is 6.18 Å². The maximum absolute atomic E-state index is 12.6. The summed E-state index contributed by atoms with van der Waals surface area (Å²) in [6, 6.07) is 1.81. The Hall–Kier alpha value is -0.910. The third-order valence-corrected chi connectivity index (χ3v) is 4.24. The van der Waals surface area contributed by atoms with Crippen LogP contribution >= 0.6 is 12.6 Å². The van der Waals surface area contributed by atoms with Crippen LogP contribution in [0.2, 0.25) is 0 Å². The molecule has 2 nitrogen and oxygen atoms in total. The summed E-state index contributed by atoms with van der Waals surface area (Å²) >= 11 is 4.24. The van der Waals surface area contributed by atoms with Crippen LogP contribution in [0.15, 0.2) is 23.1 Å². The molecule has 0 N–H and O–H groups in total. The molecule has 2 rings (SSSR count). The molecule has 100 valence electrons. The number of pyridine rings is 1. The molecule has 0 aliphatic heterocycles. The number of halogens is 3. The fraction of sp³-hybridized carbons (Fsp3) is 0.583. The lowest BCUT2D eigenvalue weighted by molar-refractivity contribution is -0.138. The van der Waals surface area contributed by atoms with Crippen LogP contribution in [0.5, 0.6) is 0 Å². The van der Waals surface area contributed by atoms with E-state index in [-0.39, 0.29) is 5.41 Å². The first-order valence-electron chi connectivity index (χ1n) is 5.75. The summed E-state index contributed by atoms with van der Waals surface area (Å²) in [5.41, 5.74) is -1.29. The summed E-state index contributed by atoms with van der Waals surface area (Å²) in [6.45, 7) is 0.319. The van der Waals surface area contributed by atoms with Gasteiger partial charge in [-0.15, -0.1) is 0 Å². The molecule has 0 unspecified atom stereocenters. The minimum Gasteiger partial charge on any atom is -0.314 e.